The molecule has 212 valence electrons. The zero-order valence-corrected chi connectivity index (χ0v) is 24.5. The normalized spacial score (nSPS) is 23.5. The monoisotopic (exact) mass is 591 g/mol. The number of halogens is 1. The lowest BCUT2D eigenvalue weighted by Gasteiger charge is -2.46. The van der Waals surface area contributed by atoms with Crippen molar-refractivity contribution in [1.82, 2.24) is 34.1 Å². The zero-order valence-electron chi connectivity index (χ0n) is 22.9. The number of rotatable bonds is 7. The van der Waals surface area contributed by atoms with Gasteiger partial charge in [0.1, 0.15) is 5.82 Å². The van der Waals surface area contributed by atoms with E-state index in [1.165, 1.54) is 34.5 Å². The second-order valence-electron chi connectivity index (χ2n) is 11.3. The second-order valence-corrected chi connectivity index (χ2v) is 14.4. The van der Waals surface area contributed by atoms with Crippen LogP contribution in [0.5, 0.6) is 0 Å². The van der Waals surface area contributed by atoms with Crippen molar-refractivity contribution in [3.63, 3.8) is 0 Å². The quantitative estimate of drug-likeness (QED) is 0.233. The minimum Gasteiger partial charge on any atom is -0.290 e. The van der Waals surface area contributed by atoms with E-state index in [4.69, 9.17) is 4.98 Å². The molecule has 3 atom stereocenters. The van der Waals surface area contributed by atoms with Crippen molar-refractivity contribution in [2.45, 2.75) is 55.5 Å². The number of benzene rings is 1. The van der Waals surface area contributed by atoms with Gasteiger partial charge in [-0.1, -0.05) is 5.57 Å². The summed E-state index contributed by atoms with van der Waals surface area (Å²) in [6, 6.07) is 6.06. The fourth-order valence-electron chi connectivity index (χ4n) is 6.21. The molecule has 1 aromatic carbocycles. The van der Waals surface area contributed by atoms with E-state index in [2.05, 4.69) is 27.2 Å². The second kappa shape index (κ2) is 9.53. The van der Waals surface area contributed by atoms with Gasteiger partial charge in [-0.25, -0.2) is 22.6 Å². The van der Waals surface area contributed by atoms with E-state index in [0.717, 1.165) is 41.1 Å². The van der Waals surface area contributed by atoms with Crippen molar-refractivity contribution in [2.75, 3.05) is 7.05 Å². The Kier molecular flexibility index (Phi) is 6.14. The van der Waals surface area contributed by atoms with E-state index in [9.17, 15) is 13.4 Å². The van der Waals surface area contributed by atoms with Crippen LogP contribution < -0.4 is 0 Å². The molecule has 3 aliphatic carbocycles. The molecule has 7 rings (SSSR count). The van der Waals surface area contributed by atoms with E-state index >= 15 is 0 Å². The number of aryl methyl sites for hydroxylation is 1. The average Bonchev–Trinajstić information content (AvgIpc) is 3.32. The molecule has 0 aliphatic heterocycles. The smallest absolute Gasteiger partial charge is 0.201 e. The number of allylic oxidation sites excluding steroid dienone is 1. The Hall–Kier alpha value is -3.48. The molecule has 12 heteroatoms. The molecule has 0 bridgehead atoms. The first-order valence-corrected chi connectivity index (χ1v) is 16.2. The van der Waals surface area contributed by atoms with Crippen molar-refractivity contribution >= 4 is 38.8 Å². The third kappa shape index (κ3) is 4.39. The van der Waals surface area contributed by atoms with Gasteiger partial charge < -0.3 is 0 Å². The number of Topliss-reactive ketones (excluding diaryl/α,β-unsaturated/α-hetero) is 1. The van der Waals surface area contributed by atoms with Crippen LogP contribution >= 0.6 is 11.3 Å². The van der Waals surface area contributed by atoms with Gasteiger partial charge in [-0.05, 0) is 87.3 Å². The number of thiazole rings is 1. The number of aromatic nitrogens is 6. The van der Waals surface area contributed by atoms with Gasteiger partial charge in [0.15, 0.2) is 10.0 Å². The summed E-state index contributed by atoms with van der Waals surface area (Å²) in [6.45, 7) is 0. The third-order valence-corrected chi connectivity index (χ3v) is 11.7. The summed E-state index contributed by atoms with van der Waals surface area (Å²) in [7, 11) is 0.564. The van der Waals surface area contributed by atoms with Crippen LogP contribution in [0.4, 0.5) is 4.39 Å². The molecule has 41 heavy (non-hydrogen) atoms. The topological polar surface area (TPSA) is 98.8 Å². The predicted octanol–water partition coefficient (Wildman–Crippen LogP) is 4.46. The molecule has 0 amide bonds. The number of hydrogen-bond acceptors (Lipinski definition) is 7. The van der Waals surface area contributed by atoms with Crippen molar-refractivity contribution in [3.05, 3.63) is 75.4 Å². The SMILES string of the molecule is C=S(=O)(c1cnn(C)n1)N(C)[C@H]1CCC2=Cc3c(cnn3-c3ccc(F)cc3)C[C@]2(C(=O)c2nc(C3CC3)cs2)C1. The fraction of sp³-hybridized carbons (Fsp3) is 0.379. The molecule has 3 aliphatic rings. The molecule has 1 unspecified atom stereocenters. The molecule has 0 spiro atoms. The Labute approximate surface area is 241 Å². The van der Waals surface area contributed by atoms with Gasteiger partial charge >= 0.3 is 0 Å². The average molecular weight is 592 g/mol. The highest BCUT2D eigenvalue weighted by molar-refractivity contribution is 7.98. The van der Waals surface area contributed by atoms with Crippen LogP contribution in [0, 0.1) is 11.2 Å². The Bertz CT molecular complexity index is 1800. The van der Waals surface area contributed by atoms with Crippen LogP contribution in [0.3, 0.4) is 0 Å². The number of hydrogen-bond donors (Lipinski definition) is 0. The van der Waals surface area contributed by atoms with Gasteiger partial charge in [0.2, 0.25) is 5.78 Å². The van der Waals surface area contributed by atoms with Crippen LogP contribution in [0.25, 0.3) is 11.8 Å². The molecule has 0 N–H and O–H groups in total. The Balaban J connectivity index is 1.29. The van der Waals surface area contributed by atoms with Crippen LogP contribution in [0.1, 0.15) is 64.8 Å². The maximum atomic E-state index is 14.5. The van der Waals surface area contributed by atoms with E-state index in [1.54, 1.807) is 41.4 Å². The molecule has 4 aromatic rings. The summed E-state index contributed by atoms with van der Waals surface area (Å²) < 4.78 is 31.1. The first-order valence-electron chi connectivity index (χ1n) is 13.7. The highest BCUT2D eigenvalue weighted by Crippen LogP contribution is 2.52. The molecule has 2 saturated carbocycles. The van der Waals surface area contributed by atoms with E-state index in [1.807, 2.05) is 5.38 Å². The Morgan fingerprint density at radius 2 is 1.98 bits per heavy atom. The largest absolute Gasteiger partial charge is 0.290 e. The number of ketones is 1. The van der Waals surface area contributed by atoms with Crippen molar-refractivity contribution in [1.29, 1.82) is 0 Å². The lowest BCUT2D eigenvalue weighted by molar-refractivity contribution is 0.0754. The highest BCUT2D eigenvalue weighted by Gasteiger charge is 2.51. The summed E-state index contributed by atoms with van der Waals surface area (Å²) in [4.78, 5) is 20.7. The molecule has 0 saturated heterocycles. The zero-order chi connectivity index (χ0) is 28.5. The van der Waals surface area contributed by atoms with Gasteiger partial charge in [0.25, 0.3) is 0 Å². The predicted molar refractivity (Wildman–Crippen MR) is 156 cm³/mol. The maximum Gasteiger partial charge on any atom is 0.201 e. The summed E-state index contributed by atoms with van der Waals surface area (Å²) in [5.41, 5.74) is 3.79. The van der Waals surface area contributed by atoms with Crippen molar-refractivity contribution in [3.8, 4) is 5.69 Å². The van der Waals surface area contributed by atoms with E-state index in [0.29, 0.717) is 41.6 Å². The molecule has 3 heterocycles. The third-order valence-electron chi connectivity index (χ3n) is 8.74. The van der Waals surface area contributed by atoms with Crippen LogP contribution in [0.15, 0.2) is 52.6 Å². The van der Waals surface area contributed by atoms with E-state index in [-0.39, 0.29) is 17.6 Å². The Morgan fingerprint density at radius 3 is 2.68 bits per heavy atom. The van der Waals surface area contributed by atoms with Gasteiger partial charge in [-0.2, -0.15) is 15.0 Å². The number of carbonyl (C=O) groups excluding carboxylic acids is 1. The first kappa shape index (κ1) is 26.4. The van der Waals surface area contributed by atoms with Crippen molar-refractivity contribution in [2.24, 2.45) is 12.5 Å². The number of carbonyl (C=O) groups is 1. The molecule has 3 aromatic heterocycles. The highest BCUT2D eigenvalue weighted by atomic mass is 32.2. The summed E-state index contributed by atoms with van der Waals surface area (Å²) in [6.07, 6.45) is 9.90. The summed E-state index contributed by atoms with van der Waals surface area (Å²) in [5, 5.41) is 15.9. The van der Waals surface area contributed by atoms with E-state index < -0.39 is 15.1 Å². The lowest BCUT2D eigenvalue weighted by atomic mass is 9.61. The molecular formula is C29H30FN7O2S2. The van der Waals surface area contributed by atoms with Gasteiger partial charge in [-0.15, -0.1) is 16.4 Å². The summed E-state index contributed by atoms with van der Waals surface area (Å²) >= 11 is 1.42. The molecular weight excluding hydrogens is 561 g/mol. The summed E-state index contributed by atoms with van der Waals surface area (Å²) in [5.74, 6) is 4.21. The van der Waals surface area contributed by atoms with Crippen LogP contribution in [0.2, 0.25) is 0 Å². The van der Waals surface area contributed by atoms with Crippen molar-refractivity contribution < 1.29 is 13.4 Å². The van der Waals surface area contributed by atoms with Gasteiger partial charge in [0.05, 0.1) is 44.6 Å². The van der Waals surface area contributed by atoms with Gasteiger partial charge in [-0.3, -0.25) is 4.79 Å². The molecule has 0 radical (unpaired) electrons. The Morgan fingerprint density at radius 1 is 1.20 bits per heavy atom. The number of nitrogens with zero attached hydrogens (tertiary/aromatic N) is 7. The molecule has 2 fully saturated rings. The lowest BCUT2D eigenvalue weighted by Crippen LogP contribution is -2.49. The fourth-order valence-corrected chi connectivity index (χ4v) is 8.56. The van der Waals surface area contributed by atoms with Crippen LogP contribution in [-0.2, 0) is 23.2 Å². The number of fused-ring (bicyclic) bond motifs is 2. The van der Waals surface area contributed by atoms with Crippen LogP contribution in [-0.4, -0.2) is 63.0 Å². The standard InChI is InChI=1S/C29H30FN7O2S2/c1-35(41(3,39)26-16-31-36(2)34-26)23-9-6-20-12-25-19(15-32-37(25)22-10-7-21(30)8-11-22)13-29(20,14-23)27(38)28-33-24(17-40-28)18-4-5-18/h7-8,10-12,15-18,23H,3-6,9,13-14H2,1-2H3/t23-,29-,41?/m0/s1. The minimum atomic E-state index is -2.92. The minimum absolute atomic E-state index is 0.00833. The molecule has 9 nitrogen and oxygen atoms in total. The first-order chi connectivity index (χ1) is 19.7. The maximum absolute atomic E-state index is 14.5. The van der Waals surface area contributed by atoms with Gasteiger partial charge in [0, 0.05) is 24.4 Å².